The van der Waals surface area contributed by atoms with Crippen molar-refractivity contribution >= 4 is 11.8 Å². The number of nitrogens with zero attached hydrogens (tertiary/aromatic N) is 1. The molecule has 1 aliphatic rings. The summed E-state index contributed by atoms with van der Waals surface area (Å²) in [5.41, 5.74) is 2.58. The normalized spacial score (nSPS) is 15.0. The fourth-order valence-electron chi connectivity index (χ4n) is 2.59. The Balaban J connectivity index is 1.72. The third-order valence-corrected chi connectivity index (χ3v) is 4.04. The lowest BCUT2D eigenvalue weighted by Gasteiger charge is -2.17. The molecular formula is C17H20N4O2. The zero-order valence-electron chi connectivity index (χ0n) is 13.0. The van der Waals surface area contributed by atoms with Gasteiger partial charge in [-0.3, -0.25) is 9.59 Å². The van der Waals surface area contributed by atoms with Crippen LogP contribution in [-0.2, 0) is 11.2 Å². The molecule has 1 heterocycles. The highest BCUT2D eigenvalue weighted by molar-refractivity contribution is 5.97. The Morgan fingerprint density at radius 3 is 2.87 bits per heavy atom. The number of hydrogen-bond acceptors (Lipinski definition) is 3. The fraction of sp³-hybridized carbons (Fsp3) is 0.353. The number of benzene rings is 1. The summed E-state index contributed by atoms with van der Waals surface area (Å²) >= 11 is 0. The Labute approximate surface area is 134 Å². The van der Waals surface area contributed by atoms with Crippen LogP contribution >= 0.6 is 0 Å². The average Bonchev–Trinajstić information content (AvgIpc) is 3.31. The Morgan fingerprint density at radius 1 is 1.39 bits per heavy atom. The molecule has 1 saturated carbocycles. The third-order valence-electron chi connectivity index (χ3n) is 4.04. The van der Waals surface area contributed by atoms with E-state index in [4.69, 9.17) is 0 Å². The molecule has 120 valence electrons. The van der Waals surface area contributed by atoms with E-state index < -0.39 is 6.04 Å². The number of aromatic nitrogens is 2. The van der Waals surface area contributed by atoms with E-state index in [0.717, 1.165) is 5.69 Å². The maximum Gasteiger partial charge on any atom is 0.251 e. The van der Waals surface area contributed by atoms with Crippen molar-refractivity contribution < 1.29 is 9.59 Å². The number of aromatic amines is 1. The largest absolute Gasteiger partial charge is 0.357 e. The summed E-state index contributed by atoms with van der Waals surface area (Å²) in [4.78, 5) is 31.4. The molecule has 0 spiro atoms. The molecule has 1 aromatic carbocycles. The quantitative estimate of drug-likeness (QED) is 0.753. The second kappa shape index (κ2) is 6.64. The van der Waals surface area contributed by atoms with Crippen LogP contribution in [0.2, 0.25) is 0 Å². The van der Waals surface area contributed by atoms with E-state index >= 15 is 0 Å². The lowest BCUT2D eigenvalue weighted by Crippen LogP contribution is -2.47. The smallest absolute Gasteiger partial charge is 0.251 e. The van der Waals surface area contributed by atoms with Crippen molar-refractivity contribution in [3.8, 4) is 0 Å². The van der Waals surface area contributed by atoms with Crippen LogP contribution in [0.1, 0.15) is 40.4 Å². The zero-order valence-corrected chi connectivity index (χ0v) is 13.0. The van der Waals surface area contributed by atoms with Crippen LogP contribution in [0.5, 0.6) is 0 Å². The number of nitrogens with one attached hydrogen (secondary N) is 3. The first-order chi connectivity index (χ1) is 11.2. The van der Waals surface area contributed by atoms with Crippen LogP contribution in [0, 0.1) is 0 Å². The summed E-state index contributed by atoms with van der Waals surface area (Å²) in [5.74, 6) is 0.120. The predicted molar refractivity (Wildman–Crippen MR) is 86.0 cm³/mol. The van der Waals surface area contributed by atoms with Crippen molar-refractivity contribution in [3.05, 3.63) is 53.6 Å². The molecule has 23 heavy (non-hydrogen) atoms. The van der Waals surface area contributed by atoms with Crippen LogP contribution in [0.4, 0.5) is 0 Å². The van der Waals surface area contributed by atoms with Gasteiger partial charge in [0, 0.05) is 30.9 Å². The molecule has 2 amide bonds. The second-order valence-corrected chi connectivity index (χ2v) is 5.82. The second-order valence-electron chi connectivity index (χ2n) is 5.82. The first kappa shape index (κ1) is 15.3. The van der Waals surface area contributed by atoms with Crippen molar-refractivity contribution in [2.24, 2.45) is 0 Å². The average molecular weight is 312 g/mol. The van der Waals surface area contributed by atoms with Gasteiger partial charge in [0.25, 0.3) is 5.91 Å². The van der Waals surface area contributed by atoms with Gasteiger partial charge in [0.2, 0.25) is 5.91 Å². The Bertz CT molecular complexity index is 692. The minimum atomic E-state index is -0.641. The van der Waals surface area contributed by atoms with Gasteiger partial charge in [-0.2, -0.15) is 0 Å². The molecule has 1 atom stereocenters. The number of amides is 2. The summed E-state index contributed by atoms with van der Waals surface area (Å²) < 4.78 is 0. The zero-order chi connectivity index (χ0) is 16.2. The first-order valence-corrected chi connectivity index (χ1v) is 7.77. The monoisotopic (exact) mass is 312 g/mol. The van der Waals surface area contributed by atoms with E-state index in [1.165, 1.54) is 18.4 Å². The minimum Gasteiger partial charge on any atom is -0.357 e. The SMILES string of the molecule is CNC(=O)[C@H](Cc1cnc[nH]1)NC(=O)c1cccc(C2CC2)c1. The summed E-state index contributed by atoms with van der Waals surface area (Å²) in [6, 6.07) is 7.00. The van der Waals surface area contributed by atoms with Crippen LogP contribution in [0.15, 0.2) is 36.8 Å². The van der Waals surface area contributed by atoms with Gasteiger partial charge < -0.3 is 15.6 Å². The number of imidazole rings is 1. The molecule has 2 aromatic rings. The molecule has 0 bridgehead atoms. The van der Waals surface area contributed by atoms with Gasteiger partial charge in [0.1, 0.15) is 6.04 Å². The first-order valence-electron chi connectivity index (χ1n) is 7.77. The van der Waals surface area contributed by atoms with E-state index in [1.807, 2.05) is 12.1 Å². The molecule has 0 unspecified atom stereocenters. The lowest BCUT2D eigenvalue weighted by atomic mass is 10.1. The molecule has 1 fully saturated rings. The van der Waals surface area contributed by atoms with Gasteiger partial charge in [0.15, 0.2) is 0 Å². The Morgan fingerprint density at radius 2 is 2.22 bits per heavy atom. The van der Waals surface area contributed by atoms with E-state index in [9.17, 15) is 9.59 Å². The molecule has 3 rings (SSSR count). The molecule has 6 heteroatoms. The summed E-state index contributed by atoms with van der Waals surface area (Å²) in [7, 11) is 1.56. The maximum absolute atomic E-state index is 12.5. The number of H-pyrrole nitrogens is 1. The predicted octanol–water partition coefficient (Wildman–Crippen LogP) is 1.37. The van der Waals surface area contributed by atoms with Crippen LogP contribution in [0.3, 0.4) is 0 Å². The van der Waals surface area contributed by atoms with Crippen molar-refractivity contribution in [3.63, 3.8) is 0 Å². The molecule has 0 radical (unpaired) electrons. The maximum atomic E-state index is 12.5. The van der Waals surface area contributed by atoms with Crippen LogP contribution < -0.4 is 10.6 Å². The van der Waals surface area contributed by atoms with Crippen LogP contribution in [-0.4, -0.2) is 34.9 Å². The van der Waals surface area contributed by atoms with Gasteiger partial charge in [-0.05, 0) is 36.5 Å². The fourth-order valence-corrected chi connectivity index (χ4v) is 2.59. The highest BCUT2D eigenvalue weighted by Gasteiger charge is 2.25. The highest BCUT2D eigenvalue weighted by atomic mass is 16.2. The Hall–Kier alpha value is -2.63. The van der Waals surface area contributed by atoms with Gasteiger partial charge in [0.05, 0.1) is 6.33 Å². The molecule has 0 saturated heterocycles. The number of carbonyl (C=O) groups is 2. The molecule has 0 aliphatic heterocycles. The van der Waals surface area contributed by atoms with E-state index in [1.54, 1.807) is 25.6 Å². The molecule has 1 aromatic heterocycles. The molecular weight excluding hydrogens is 292 g/mol. The topological polar surface area (TPSA) is 86.9 Å². The van der Waals surface area contributed by atoms with Crippen molar-refractivity contribution in [1.82, 2.24) is 20.6 Å². The standard InChI is InChI=1S/C17H20N4O2/c1-18-17(23)15(8-14-9-19-10-20-14)21-16(22)13-4-2-3-12(7-13)11-5-6-11/h2-4,7,9-11,15H,5-6,8H2,1H3,(H,18,23)(H,19,20)(H,21,22)/t15-/m0/s1. The summed E-state index contributed by atoms with van der Waals surface area (Å²) in [6.45, 7) is 0. The van der Waals surface area contributed by atoms with Gasteiger partial charge in [-0.1, -0.05) is 12.1 Å². The number of hydrogen-bond donors (Lipinski definition) is 3. The van der Waals surface area contributed by atoms with E-state index in [-0.39, 0.29) is 11.8 Å². The molecule has 1 aliphatic carbocycles. The van der Waals surface area contributed by atoms with Gasteiger partial charge >= 0.3 is 0 Å². The number of rotatable bonds is 6. The summed E-state index contributed by atoms with van der Waals surface area (Å²) in [5, 5.41) is 5.40. The van der Waals surface area contributed by atoms with Crippen LogP contribution in [0.25, 0.3) is 0 Å². The summed E-state index contributed by atoms with van der Waals surface area (Å²) in [6.07, 6.45) is 5.94. The van der Waals surface area contributed by atoms with Gasteiger partial charge in [-0.25, -0.2) is 4.98 Å². The number of carbonyl (C=O) groups excluding carboxylic acids is 2. The van der Waals surface area contributed by atoms with E-state index in [0.29, 0.717) is 17.9 Å². The highest BCUT2D eigenvalue weighted by Crippen LogP contribution is 2.40. The molecule has 6 nitrogen and oxygen atoms in total. The van der Waals surface area contributed by atoms with Crippen molar-refractivity contribution in [1.29, 1.82) is 0 Å². The lowest BCUT2D eigenvalue weighted by molar-refractivity contribution is -0.122. The third kappa shape index (κ3) is 3.77. The van der Waals surface area contributed by atoms with E-state index in [2.05, 4.69) is 26.7 Å². The van der Waals surface area contributed by atoms with Crippen molar-refractivity contribution in [2.45, 2.75) is 31.2 Å². The molecule has 3 N–H and O–H groups in total. The Kier molecular flexibility index (Phi) is 4.41. The minimum absolute atomic E-state index is 0.230. The van der Waals surface area contributed by atoms with Crippen molar-refractivity contribution in [2.75, 3.05) is 7.05 Å². The van der Waals surface area contributed by atoms with Gasteiger partial charge in [-0.15, -0.1) is 0 Å². The number of likely N-dealkylation sites (N-methyl/N-ethyl adjacent to an activating group) is 1.